The van der Waals surface area contributed by atoms with E-state index in [0.29, 0.717) is 11.6 Å². The van der Waals surface area contributed by atoms with Crippen molar-refractivity contribution in [3.8, 4) is 0 Å². The third-order valence-electron chi connectivity index (χ3n) is 3.26. The Labute approximate surface area is 115 Å². The molecule has 8 nitrogen and oxygen atoms in total. The summed E-state index contributed by atoms with van der Waals surface area (Å²) in [6, 6.07) is 0.0594. The van der Waals surface area contributed by atoms with Crippen molar-refractivity contribution in [2.24, 2.45) is 7.05 Å². The number of carbonyl (C=O) groups is 1. The maximum absolute atomic E-state index is 12.1. The molecule has 0 spiro atoms. The molecule has 0 aromatic carbocycles. The average molecular weight is 276 g/mol. The molecular formula is C12H16N6O2. The molecule has 2 aromatic heterocycles. The predicted octanol–water partition coefficient (Wildman–Crippen LogP) is 0.788. The second-order valence-electron chi connectivity index (χ2n) is 4.86. The number of carbonyl (C=O) groups excluding carboxylic acids is 1. The fraction of sp³-hybridized carbons (Fsp3) is 0.500. The summed E-state index contributed by atoms with van der Waals surface area (Å²) in [5.41, 5.74) is 1.38. The summed E-state index contributed by atoms with van der Waals surface area (Å²) in [7, 11) is 1.79. The van der Waals surface area contributed by atoms with Crippen LogP contribution in [0.1, 0.15) is 41.1 Å². The van der Waals surface area contributed by atoms with Crippen molar-refractivity contribution in [3.05, 3.63) is 23.6 Å². The summed E-state index contributed by atoms with van der Waals surface area (Å²) in [5, 5.41) is 13.9. The number of anilines is 1. The van der Waals surface area contributed by atoms with Crippen LogP contribution in [0, 0.1) is 6.92 Å². The van der Waals surface area contributed by atoms with E-state index in [4.69, 9.17) is 4.52 Å². The van der Waals surface area contributed by atoms with Crippen LogP contribution in [0.15, 0.2) is 10.7 Å². The van der Waals surface area contributed by atoms with Gasteiger partial charge in [-0.05, 0) is 26.3 Å². The Balaban J connectivity index is 1.72. The van der Waals surface area contributed by atoms with E-state index in [9.17, 15) is 4.79 Å². The summed E-state index contributed by atoms with van der Waals surface area (Å²) in [6.45, 7) is 2.75. The molecule has 2 N–H and O–H groups in total. The van der Waals surface area contributed by atoms with E-state index in [2.05, 4.69) is 25.9 Å². The van der Waals surface area contributed by atoms with Gasteiger partial charge in [0.05, 0.1) is 17.4 Å². The number of aromatic nitrogens is 4. The van der Waals surface area contributed by atoms with Gasteiger partial charge in [0.2, 0.25) is 5.89 Å². The minimum atomic E-state index is -0.394. The van der Waals surface area contributed by atoms with Crippen molar-refractivity contribution in [1.29, 1.82) is 0 Å². The molecule has 1 aliphatic rings. The molecule has 0 saturated carbocycles. The zero-order valence-electron chi connectivity index (χ0n) is 11.4. The van der Waals surface area contributed by atoms with Crippen LogP contribution in [-0.4, -0.2) is 32.4 Å². The number of aryl methyl sites for hydroxylation is 2. The smallest absolute Gasteiger partial charge is 0.297 e. The maximum Gasteiger partial charge on any atom is 0.297 e. The van der Waals surface area contributed by atoms with E-state index in [0.717, 1.165) is 25.1 Å². The SMILES string of the molecule is Cc1nn(C)cc1NC(=O)c1noc(C2CCCN2)n1. The highest BCUT2D eigenvalue weighted by Crippen LogP contribution is 2.21. The van der Waals surface area contributed by atoms with Crippen molar-refractivity contribution in [2.45, 2.75) is 25.8 Å². The first-order valence-corrected chi connectivity index (χ1v) is 6.52. The van der Waals surface area contributed by atoms with Crippen LogP contribution >= 0.6 is 0 Å². The topological polar surface area (TPSA) is 97.9 Å². The van der Waals surface area contributed by atoms with Crippen molar-refractivity contribution >= 4 is 11.6 Å². The van der Waals surface area contributed by atoms with Gasteiger partial charge in [0, 0.05) is 13.2 Å². The first-order valence-electron chi connectivity index (χ1n) is 6.52. The van der Waals surface area contributed by atoms with Crippen LogP contribution < -0.4 is 10.6 Å². The number of hydrogen-bond acceptors (Lipinski definition) is 6. The lowest BCUT2D eigenvalue weighted by molar-refractivity contribution is 0.101. The molecule has 3 rings (SSSR count). The Hall–Kier alpha value is -2.22. The van der Waals surface area contributed by atoms with E-state index >= 15 is 0 Å². The molecule has 1 unspecified atom stereocenters. The van der Waals surface area contributed by atoms with E-state index in [1.54, 1.807) is 17.9 Å². The molecule has 1 saturated heterocycles. The number of amides is 1. The van der Waals surface area contributed by atoms with Gasteiger partial charge in [-0.1, -0.05) is 5.16 Å². The summed E-state index contributed by atoms with van der Waals surface area (Å²) in [5.74, 6) is 0.113. The average Bonchev–Trinajstić information content (AvgIpc) is 3.11. The van der Waals surface area contributed by atoms with Crippen LogP contribution in [0.5, 0.6) is 0 Å². The quantitative estimate of drug-likeness (QED) is 0.860. The number of rotatable bonds is 3. The summed E-state index contributed by atoms with van der Waals surface area (Å²) in [4.78, 5) is 16.2. The highest BCUT2D eigenvalue weighted by atomic mass is 16.5. The van der Waals surface area contributed by atoms with E-state index in [1.165, 1.54) is 0 Å². The van der Waals surface area contributed by atoms with Crippen LogP contribution in [0.4, 0.5) is 5.69 Å². The van der Waals surface area contributed by atoms with Crippen molar-refractivity contribution in [1.82, 2.24) is 25.2 Å². The Bertz CT molecular complexity index is 626. The third-order valence-corrected chi connectivity index (χ3v) is 3.26. The monoisotopic (exact) mass is 276 g/mol. The lowest BCUT2D eigenvalue weighted by Crippen LogP contribution is -2.16. The Morgan fingerprint density at radius 1 is 1.60 bits per heavy atom. The summed E-state index contributed by atoms with van der Waals surface area (Å²) >= 11 is 0. The molecule has 106 valence electrons. The van der Waals surface area contributed by atoms with Crippen LogP contribution in [-0.2, 0) is 7.05 Å². The van der Waals surface area contributed by atoms with Gasteiger partial charge in [0.15, 0.2) is 0 Å². The molecule has 3 heterocycles. The Morgan fingerprint density at radius 3 is 3.10 bits per heavy atom. The summed E-state index contributed by atoms with van der Waals surface area (Å²) in [6.07, 6.45) is 3.75. The van der Waals surface area contributed by atoms with Crippen LogP contribution in [0.3, 0.4) is 0 Å². The molecule has 0 bridgehead atoms. The maximum atomic E-state index is 12.1. The fourth-order valence-corrected chi connectivity index (χ4v) is 2.26. The van der Waals surface area contributed by atoms with E-state index < -0.39 is 5.91 Å². The zero-order valence-corrected chi connectivity index (χ0v) is 11.4. The Morgan fingerprint density at radius 2 is 2.45 bits per heavy atom. The lowest BCUT2D eigenvalue weighted by atomic mass is 10.2. The minimum Gasteiger partial charge on any atom is -0.337 e. The normalized spacial score (nSPS) is 18.4. The van der Waals surface area contributed by atoms with Gasteiger partial charge in [-0.2, -0.15) is 10.1 Å². The second-order valence-corrected chi connectivity index (χ2v) is 4.86. The molecule has 1 amide bonds. The number of nitrogens with zero attached hydrogens (tertiary/aromatic N) is 4. The molecule has 1 fully saturated rings. The highest BCUT2D eigenvalue weighted by molar-refractivity contribution is 6.01. The largest absolute Gasteiger partial charge is 0.337 e. The predicted molar refractivity (Wildman–Crippen MR) is 70.2 cm³/mol. The van der Waals surface area contributed by atoms with Gasteiger partial charge in [-0.15, -0.1) is 0 Å². The fourth-order valence-electron chi connectivity index (χ4n) is 2.26. The molecule has 8 heteroatoms. The zero-order chi connectivity index (χ0) is 14.1. The van der Waals surface area contributed by atoms with Gasteiger partial charge >= 0.3 is 0 Å². The number of hydrogen-bond donors (Lipinski definition) is 2. The molecule has 20 heavy (non-hydrogen) atoms. The molecule has 0 aliphatic carbocycles. The number of nitrogens with one attached hydrogen (secondary N) is 2. The lowest BCUT2D eigenvalue weighted by Gasteiger charge is -2.01. The van der Waals surface area contributed by atoms with Crippen LogP contribution in [0.2, 0.25) is 0 Å². The molecule has 1 atom stereocenters. The van der Waals surface area contributed by atoms with Gasteiger partial charge in [-0.3, -0.25) is 9.48 Å². The van der Waals surface area contributed by atoms with E-state index in [-0.39, 0.29) is 11.9 Å². The molecular weight excluding hydrogens is 260 g/mol. The molecule has 2 aromatic rings. The highest BCUT2D eigenvalue weighted by Gasteiger charge is 2.24. The van der Waals surface area contributed by atoms with Gasteiger partial charge in [0.1, 0.15) is 0 Å². The van der Waals surface area contributed by atoms with Crippen molar-refractivity contribution in [2.75, 3.05) is 11.9 Å². The standard InChI is InChI=1S/C12H16N6O2/c1-7-9(6-18(2)16-7)14-11(19)10-15-12(20-17-10)8-4-3-5-13-8/h6,8,13H,3-5H2,1-2H3,(H,14,19). The first-order chi connectivity index (χ1) is 9.63. The van der Waals surface area contributed by atoms with Crippen LogP contribution in [0.25, 0.3) is 0 Å². The Kier molecular flexibility index (Phi) is 3.23. The molecule has 0 radical (unpaired) electrons. The third kappa shape index (κ3) is 2.42. The van der Waals surface area contributed by atoms with Gasteiger partial charge < -0.3 is 15.2 Å². The van der Waals surface area contributed by atoms with Crippen molar-refractivity contribution < 1.29 is 9.32 Å². The van der Waals surface area contributed by atoms with Gasteiger partial charge in [-0.25, -0.2) is 0 Å². The van der Waals surface area contributed by atoms with Crippen molar-refractivity contribution in [3.63, 3.8) is 0 Å². The van der Waals surface area contributed by atoms with E-state index in [1.807, 2.05) is 6.92 Å². The van der Waals surface area contributed by atoms with Gasteiger partial charge in [0.25, 0.3) is 11.7 Å². The first kappa shape index (κ1) is 12.8. The summed E-state index contributed by atoms with van der Waals surface area (Å²) < 4.78 is 6.77. The second kappa shape index (κ2) is 5.04. The minimum absolute atomic E-state index is 0.0388. The molecule has 1 aliphatic heterocycles.